The van der Waals surface area contributed by atoms with Crippen molar-refractivity contribution in [2.75, 3.05) is 20.3 Å². The average molecular weight is 340 g/mol. The normalized spacial score (nSPS) is 10.7. The molecule has 6 nitrogen and oxygen atoms in total. The molecule has 0 aliphatic carbocycles. The Bertz CT molecular complexity index is 902. The first-order valence-electron chi connectivity index (χ1n) is 8.04. The lowest BCUT2D eigenvalue weighted by Crippen LogP contribution is -2.13. The largest absolute Gasteiger partial charge is 0.490 e. The van der Waals surface area contributed by atoms with Crippen LogP contribution in [0.25, 0.3) is 22.4 Å². The summed E-state index contributed by atoms with van der Waals surface area (Å²) < 4.78 is 15.7. The molecule has 25 heavy (non-hydrogen) atoms. The molecule has 3 rings (SSSR count). The van der Waals surface area contributed by atoms with Gasteiger partial charge < -0.3 is 19.2 Å². The molecular formula is C19H20N2O4. The van der Waals surface area contributed by atoms with Gasteiger partial charge >= 0.3 is 5.97 Å². The van der Waals surface area contributed by atoms with Gasteiger partial charge in [-0.05, 0) is 49.7 Å². The van der Waals surface area contributed by atoms with E-state index >= 15 is 0 Å². The molecule has 0 amide bonds. The SMILES string of the molecule is CCOc1cc(-c2nc3ccc(C)cc3[nH]2)ccc1OCC(=O)OC. The molecule has 1 heterocycles. The maximum atomic E-state index is 11.3. The molecule has 6 heteroatoms. The predicted octanol–water partition coefficient (Wildman–Crippen LogP) is 3.49. The second-order valence-electron chi connectivity index (χ2n) is 5.57. The van der Waals surface area contributed by atoms with Crippen molar-refractivity contribution in [2.24, 2.45) is 0 Å². The van der Waals surface area contributed by atoms with Gasteiger partial charge in [-0.15, -0.1) is 0 Å². The number of hydrogen-bond donors (Lipinski definition) is 1. The lowest BCUT2D eigenvalue weighted by atomic mass is 10.2. The van der Waals surface area contributed by atoms with Gasteiger partial charge in [-0.2, -0.15) is 0 Å². The minimum Gasteiger partial charge on any atom is -0.490 e. The molecule has 1 aromatic heterocycles. The minimum atomic E-state index is -0.445. The van der Waals surface area contributed by atoms with Crippen molar-refractivity contribution >= 4 is 17.0 Å². The van der Waals surface area contributed by atoms with Crippen molar-refractivity contribution in [1.82, 2.24) is 9.97 Å². The number of methoxy groups -OCH3 is 1. The Morgan fingerprint density at radius 3 is 2.72 bits per heavy atom. The molecule has 0 fully saturated rings. The summed E-state index contributed by atoms with van der Waals surface area (Å²) in [4.78, 5) is 19.2. The summed E-state index contributed by atoms with van der Waals surface area (Å²) in [5.74, 6) is 1.35. The number of aryl methyl sites for hydroxylation is 1. The number of rotatable bonds is 6. The first-order valence-corrected chi connectivity index (χ1v) is 8.04. The van der Waals surface area contributed by atoms with Crippen LogP contribution in [0.5, 0.6) is 11.5 Å². The van der Waals surface area contributed by atoms with Gasteiger partial charge in [0.2, 0.25) is 0 Å². The van der Waals surface area contributed by atoms with E-state index in [4.69, 9.17) is 9.47 Å². The summed E-state index contributed by atoms with van der Waals surface area (Å²) in [6.45, 7) is 4.25. The van der Waals surface area contributed by atoms with Crippen molar-refractivity contribution in [2.45, 2.75) is 13.8 Å². The van der Waals surface area contributed by atoms with E-state index in [0.717, 1.165) is 22.4 Å². The summed E-state index contributed by atoms with van der Waals surface area (Å²) in [5.41, 5.74) is 3.94. The highest BCUT2D eigenvalue weighted by Crippen LogP contribution is 2.32. The second-order valence-corrected chi connectivity index (χ2v) is 5.57. The zero-order valence-electron chi connectivity index (χ0n) is 14.5. The fourth-order valence-corrected chi connectivity index (χ4v) is 2.50. The van der Waals surface area contributed by atoms with Crippen LogP contribution in [0.3, 0.4) is 0 Å². The van der Waals surface area contributed by atoms with E-state index in [0.29, 0.717) is 18.1 Å². The van der Waals surface area contributed by atoms with Crippen LogP contribution < -0.4 is 9.47 Å². The first kappa shape index (κ1) is 16.8. The molecule has 0 atom stereocenters. The highest BCUT2D eigenvalue weighted by molar-refractivity contribution is 5.80. The Morgan fingerprint density at radius 1 is 1.12 bits per heavy atom. The summed E-state index contributed by atoms with van der Waals surface area (Å²) in [5, 5.41) is 0. The Balaban J connectivity index is 1.92. The zero-order chi connectivity index (χ0) is 17.8. The first-order chi connectivity index (χ1) is 12.1. The van der Waals surface area contributed by atoms with Gasteiger partial charge in [0.05, 0.1) is 24.8 Å². The molecule has 2 aromatic carbocycles. The van der Waals surface area contributed by atoms with E-state index in [1.807, 2.05) is 38.1 Å². The molecule has 0 saturated heterocycles. The molecule has 0 unspecified atom stereocenters. The average Bonchev–Trinajstić information content (AvgIpc) is 3.03. The number of aromatic nitrogens is 2. The quantitative estimate of drug-likeness (QED) is 0.695. The van der Waals surface area contributed by atoms with Crippen LogP contribution in [0.15, 0.2) is 36.4 Å². The number of ether oxygens (including phenoxy) is 3. The minimum absolute atomic E-state index is 0.167. The topological polar surface area (TPSA) is 73.4 Å². The summed E-state index contributed by atoms with van der Waals surface area (Å²) in [6, 6.07) is 11.6. The Labute approximate surface area is 145 Å². The number of imidazole rings is 1. The van der Waals surface area contributed by atoms with E-state index in [2.05, 4.69) is 20.8 Å². The van der Waals surface area contributed by atoms with E-state index in [1.54, 1.807) is 6.07 Å². The van der Waals surface area contributed by atoms with Crippen LogP contribution in [-0.4, -0.2) is 36.3 Å². The van der Waals surface area contributed by atoms with Crippen molar-refractivity contribution in [1.29, 1.82) is 0 Å². The van der Waals surface area contributed by atoms with Crippen LogP contribution in [0, 0.1) is 6.92 Å². The number of aromatic amines is 1. The van der Waals surface area contributed by atoms with Gasteiger partial charge in [0.15, 0.2) is 18.1 Å². The number of benzene rings is 2. The van der Waals surface area contributed by atoms with Crippen LogP contribution in [0.4, 0.5) is 0 Å². The standard InChI is InChI=1S/C19H20N2O4/c1-4-24-17-10-13(6-8-16(17)25-11-18(22)23-3)19-20-14-7-5-12(2)9-15(14)21-19/h5-10H,4,11H2,1-3H3,(H,20,21). The number of fused-ring (bicyclic) bond motifs is 1. The second kappa shape index (κ2) is 7.25. The maximum Gasteiger partial charge on any atom is 0.343 e. The van der Waals surface area contributed by atoms with E-state index < -0.39 is 5.97 Å². The highest BCUT2D eigenvalue weighted by Gasteiger charge is 2.12. The maximum absolute atomic E-state index is 11.3. The molecule has 3 aromatic rings. The van der Waals surface area contributed by atoms with Gasteiger partial charge in [0, 0.05) is 5.56 Å². The van der Waals surface area contributed by atoms with Gasteiger partial charge in [-0.25, -0.2) is 9.78 Å². The van der Waals surface area contributed by atoms with Gasteiger partial charge in [0.25, 0.3) is 0 Å². The smallest absolute Gasteiger partial charge is 0.343 e. The molecule has 130 valence electrons. The van der Waals surface area contributed by atoms with Crippen molar-refractivity contribution in [3.05, 3.63) is 42.0 Å². The van der Waals surface area contributed by atoms with Crippen LogP contribution >= 0.6 is 0 Å². The van der Waals surface area contributed by atoms with E-state index in [-0.39, 0.29) is 6.61 Å². The van der Waals surface area contributed by atoms with Crippen LogP contribution in [0.2, 0.25) is 0 Å². The van der Waals surface area contributed by atoms with Crippen LogP contribution in [-0.2, 0) is 9.53 Å². The number of carbonyl (C=O) groups is 1. The molecule has 0 aliphatic rings. The molecule has 0 radical (unpaired) electrons. The molecular weight excluding hydrogens is 320 g/mol. The zero-order valence-corrected chi connectivity index (χ0v) is 14.5. The Kier molecular flexibility index (Phi) is 4.88. The van der Waals surface area contributed by atoms with Gasteiger partial charge in [-0.3, -0.25) is 0 Å². The van der Waals surface area contributed by atoms with Crippen molar-refractivity contribution in [3.63, 3.8) is 0 Å². The highest BCUT2D eigenvalue weighted by atomic mass is 16.6. The fourth-order valence-electron chi connectivity index (χ4n) is 2.50. The van der Waals surface area contributed by atoms with Crippen LogP contribution in [0.1, 0.15) is 12.5 Å². The lowest BCUT2D eigenvalue weighted by Gasteiger charge is -2.12. The lowest BCUT2D eigenvalue weighted by molar-refractivity contribution is -0.142. The third-order valence-electron chi connectivity index (χ3n) is 3.73. The molecule has 0 bridgehead atoms. The summed E-state index contributed by atoms with van der Waals surface area (Å²) >= 11 is 0. The Morgan fingerprint density at radius 2 is 1.96 bits per heavy atom. The number of nitrogens with one attached hydrogen (secondary N) is 1. The van der Waals surface area contributed by atoms with Crippen molar-refractivity contribution < 1.29 is 19.0 Å². The van der Waals surface area contributed by atoms with Gasteiger partial charge in [-0.1, -0.05) is 6.07 Å². The number of H-pyrrole nitrogens is 1. The number of carbonyl (C=O) groups excluding carboxylic acids is 1. The number of esters is 1. The molecule has 1 N–H and O–H groups in total. The fraction of sp³-hybridized carbons (Fsp3) is 0.263. The molecule has 0 aliphatic heterocycles. The number of nitrogens with zero attached hydrogens (tertiary/aromatic N) is 1. The molecule has 0 spiro atoms. The third kappa shape index (κ3) is 3.74. The van der Waals surface area contributed by atoms with E-state index in [9.17, 15) is 4.79 Å². The number of hydrogen-bond acceptors (Lipinski definition) is 5. The predicted molar refractivity (Wildman–Crippen MR) is 94.9 cm³/mol. The summed E-state index contributed by atoms with van der Waals surface area (Å²) in [7, 11) is 1.32. The monoisotopic (exact) mass is 340 g/mol. The summed E-state index contributed by atoms with van der Waals surface area (Å²) in [6.07, 6.45) is 0. The van der Waals surface area contributed by atoms with Crippen molar-refractivity contribution in [3.8, 4) is 22.9 Å². The van der Waals surface area contributed by atoms with Gasteiger partial charge in [0.1, 0.15) is 5.82 Å². The third-order valence-corrected chi connectivity index (χ3v) is 3.73. The Hall–Kier alpha value is -3.02. The van der Waals surface area contributed by atoms with E-state index in [1.165, 1.54) is 12.7 Å². The molecule has 0 saturated carbocycles.